The summed E-state index contributed by atoms with van der Waals surface area (Å²) in [5.74, 6) is 7.23. The quantitative estimate of drug-likeness (QED) is 0.451. The van der Waals surface area contributed by atoms with Gasteiger partial charge in [-0.1, -0.05) is 25.7 Å². The molecule has 0 spiro atoms. The average molecular weight is 268 g/mol. The van der Waals surface area contributed by atoms with Gasteiger partial charge >= 0.3 is 0 Å². The van der Waals surface area contributed by atoms with Crippen molar-refractivity contribution in [1.82, 2.24) is 4.98 Å². The molecule has 0 N–H and O–H groups in total. The van der Waals surface area contributed by atoms with E-state index in [0.29, 0.717) is 30.8 Å². The van der Waals surface area contributed by atoms with Crippen LogP contribution in [0.25, 0.3) is 0 Å². The molecule has 0 atom stereocenters. The second-order valence-corrected chi connectivity index (χ2v) is 4.43. The number of hydrogen-bond donors (Lipinski definition) is 0. The molecule has 0 aliphatic carbocycles. The highest BCUT2D eigenvalue weighted by Gasteiger charge is 1.97. The monoisotopic (exact) mass is 267 g/mol. The Labute approximate surface area is 113 Å². The third kappa shape index (κ3) is 6.48. The van der Waals surface area contributed by atoms with E-state index in [1.807, 2.05) is 6.07 Å². The lowest BCUT2D eigenvalue weighted by molar-refractivity contribution is 0.0818. The van der Waals surface area contributed by atoms with E-state index in [0.717, 1.165) is 12.2 Å². The molecule has 4 heteroatoms. The van der Waals surface area contributed by atoms with Gasteiger partial charge in [-0.2, -0.15) is 0 Å². The van der Waals surface area contributed by atoms with Gasteiger partial charge in [-0.25, -0.2) is 0 Å². The average Bonchev–Trinajstić information content (AvgIpc) is 2.36. The first-order chi connectivity index (χ1) is 8.72. The lowest BCUT2D eigenvalue weighted by atomic mass is 10.2. The Hall–Kier alpha value is -1.24. The van der Waals surface area contributed by atoms with Crippen molar-refractivity contribution in [3.8, 4) is 17.6 Å². The second kappa shape index (κ2) is 8.79. The third-order valence-corrected chi connectivity index (χ3v) is 2.09. The molecule has 1 rings (SSSR count). The summed E-state index contributed by atoms with van der Waals surface area (Å²) in [6.07, 6.45) is 3.34. The molecular formula is C14H18ClNO2. The lowest BCUT2D eigenvalue weighted by Crippen LogP contribution is -2.10. The SMILES string of the molecule is CC(C)COCCOc1cncc(C#CCCl)c1. The maximum absolute atomic E-state index is 5.52. The minimum absolute atomic E-state index is 0.314. The molecule has 3 nitrogen and oxygen atoms in total. The smallest absolute Gasteiger partial charge is 0.138 e. The van der Waals surface area contributed by atoms with Crippen LogP contribution in [0.15, 0.2) is 18.5 Å². The zero-order chi connectivity index (χ0) is 13.2. The minimum atomic E-state index is 0.314. The molecule has 98 valence electrons. The van der Waals surface area contributed by atoms with E-state index >= 15 is 0 Å². The largest absolute Gasteiger partial charge is 0.490 e. The maximum atomic E-state index is 5.52. The standard InChI is InChI=1S/C14H18ClNO2/c1-12(2)11-17-6-7-18-14-8-13(4-3-5-15)9-16-10-14/h8-10,12H,5-7,11H2,1-2H3. The van der Waals surface area contributed by atoms with Crippen molar-refractivity contribution in [2.45, 2.75) is 13.8 Å². The topological polar surface area (TPSA) is 31.4 Å². The van der Waals surface area contributed by atoms with Crippen molar-refractivity contribution in [3.05, 3.63) is 24.0 Å². The van der Waals surface area contributed by atoms with Crippen molar-refractivity contribution in [1.29, 1.82) is 0 Å². The van der Waals surface area contributed by atoms with Gasteiger partial charge in [-0.05, 0) is 12.0 Å². The third-order valence-electron chi connectivity index (χ3n) is 1.96. The van der Waals surface area contributed by atoms with Crippen molar-refractivity contribution < 1.29 is 9.47 Å². The summed E-state index contributed by atoms with van der Waals surface area (Å²) in [4.78, 5) is 4.05. The number of alkyl halides is 1. The molecule has 1 aromatic rings. The highest BCUT2D eigenvalue weighted by molar-refractivity contribution is 6.19. The van der Waals surface area contributed by atoms with Gasteiger partial charge in [0.05, 0.1) is 18.7 Å². The summed E-state index contributed by atoms with van der Waals surface area (Å²) < 4.78 is 10.9. The van der Waals surface area contributed by atoms with Crippen LogP contribution in [0.2, 0.25) is 0 Å². The normalized spacial score (nSPS) is 10.0. The van der Waals surface area contributed by atoms with Gasteiger partial charge in [-0.15, -0.1) is 11.6 Å². The number of hydrogen-bond acceptors (Lipinski definition) is 3. The number of aromatic nitrogens is 1. The molecule has 0 aliphatic rings. The number of halogens is 1. The summed E-state index contributed by atoms with van der Waals surface area (Å²) in [6, 6.07) is 1.84. The van der Waals surface area contributed by atoms with Crippen LogP contribution in [0.5, 0.6) is 5.75 Å². The number of ether oxygens (including phenoxy) is 2. The van der Waals surface area contributed by atoms with E-state index in [4.69, 9.17) is 21.1 Å². The molecule has 0 unspecified atom stereocenters. The van der Waals surface area contributed by atoms with Gasteiger partial charge < -0.3 is 9.47 Å². The van der Waals surface area contributed by atoms with E-state index in [2.05, 4.69) is 30.7 Å². The van der Waals surface area contributed by atoms with Crippen LogP contribution in [-0.2, 0) is 4.74 Å². The Balaban J connectivity index is 2.34. The fraction of sp³-hybridized carbons (Fsp3) is 0.500. The van der Waals surface area contributed by atoms with Crippen LogP contribution >= 0.6 is 11.6 Å². The van der Waals surface area contributed by atoms with Crippen LogP contribution in [0.1, 0.15) is 19.4 Å². The molecule has 18 heavy (non-hydrogen) atoms. The molecule has 0 aromatic carbocycles. The Morgan fingerprint density at radius 2 is 2.17 bits per heavy atom. The Kier molecular flexibility index (Phi) is 7.24. The van der Waals surface area contributed by atoms with Crippen LogP contribution in [0.4, 0.5) is 0 Å². The van der Waals surface area contributed by atoms with Crippen LogP contribution < -0.4 is 4.74 Å². The van der Waals surface area contributed by atoms with E-state index in [1.165, 1.54) is 0 Å². The van der Waals surface area contributed by atoms with Crippen LogP contribution in [-0.4, -0.2) is 30.7 Å². The predicted molar refractivity (Wildman–Crippen MR) is 73.0 cm³/mol. The summed E-state index contributed by atoms with van der Waals surface area (Å²) >= 11 is 5.49. The maximum Gasteiger partial charge on any atom is 0.138 e. The fourth-order valence-electron chi connectivity index (χ4n) is 1.24. The highest BCUT2D eigenvalue weighted by atomic mass is 35.5. The molecule has 0 amide bonds. The molecule has 0 fully saturated rings. The number of rotatable bonds is 6. The molecule has 0 saturated heterocycles. The first-order valence-electron chi connectivity index (χ1n) is 5.93. The van der Waals surface area contributed by atoms with Crippen LogP contribution in [0.3, 0.4) is 0 Å². The van der Waals surface area contributed by atoms with E-state index in [1.54, 1.807) is 12.4 Å². The molecule has 0 saturated carbocycles. The molecule has 1 heterocycles. The van der Waals surface area contributed by atoms with Crippen molar-refractivity contribution >= 4 is 11.6 Å². The van der Waals surface area contributed by atoms with Crippen molar-refractivity contribution in [2.75, 3.05) is 25.7 Å². The lowest BCUT2D eigenvalue weighted by Gasteiger charge is -2.08. The Bertz CT molecular complexity index is 410. The minimum Gasteiger partial charge on any atom is -0.490 e. The first-order valence-corrected chi connectivity index (χ1v) is 6.46. The molecule has 1 aromatic heterocycles. The van der Waals surface area contributed by atoms with Crippen molar-refractivity contribution in [2.24, 2.45) is 5.92 Å². The molecule has 0 aliphatic heterocycles. The summed E-state index contributed by atoms with van der Waals surface area (Å²) in [7, 11) is 0. The summed E-state index contributed by atoms with van der Waals surface area (Å²) in [5, 5.41) is 0. The van der Waals surface area contributed by atoms with Crippen LogP contribution in [0, 0.1) is 17.8 Å². The van der Waals surface area contributed by atoms with E-state index in [-0.39, 0.29) is 0 Å². The summed E-state index contributed by atoms with van der Waals surface area (Å²) in [6.45, 7) is 6.08. The van der Waals surface area contributed by atoms with Gasteiger partial charge in [0.1, 0.15) is 12.4 Å². The van der Waals surface area contributed by atoms with E-state index < -0.39 is 0 Å². The zero-order valence-electron chi connectivity index (χ0n) is 10.8. The van der Waals surface area contributed by atoms with Crippen molar-refractivity contribution in [3.63, 3.8) is 0 Å². The van der Waals surface area contributed by atoms with E-state index in [9.17, 15) is 0 Å². The molecular weight excluding hydrogens is 250 g/mol. The van der Waals surface area contributed by atoms with Gasteiger partial charge in [-0.3, -0.25) is 4.98 Å². The summed E-state index contributed by atoms with van der Waals surface area (Å²) in [5.41, 5.74) is 0.802. The molecule has 0 bridgehead atoms. The van der Waals surface area contributed by atoms with Gasteiger partial charge in [0.2, 0.25) is 0 Å². The Morgan fingerprint density at radius 1 is 1.33 bits per heavy atom. The zero-order valence-corrected chi connectivity index (χ0v) is 11.5. The highest BCUT2D eigenvalue weighted by Crippen LogP contribution is 2.10. The number of nitrogens with zero attached hydrogens (tertiary/aromatic N) is 1. The predicted octanol–water partition coefficient (Wildman–Crippen LogP) is 2.72. The Morgan fingerprint density at radius 3 is 2.89 bits per heavy atom. The number of pyridine rings is 1. The van der Waals surface area contributed by atoms with Gasteiger partial charge in [0.15, 0.2) is 0 Å². The first kappa shape index (κ1) is 14.8. The molecule has 0 radical (unpaired) electrons. The van der Waals surface area contributed by atoms with Gasteiger partial charge in [0, 0.05) is 18.4 Å². The fourth-order valence-corrected chi connectivity index (χ4v) is 1.31. The van der Waals surface area contributed by atoms with Gasteiger partial charge in [0.25, 0.3) is 0 Å². The second-order valence-electron chi connectivity index (χ2n) is 4.16.